The fourth-order valence-electron chi connectivity index (χ4n) is 4.51. The van der Waals surface area contributed by atoms with Crippen molar-refractivity contribution in [3.63, 3.8) is 0 Å². The molecule has 0 aliphatic carbocycles. The number of anilines is 4. The molecule has 1 aromatic heterocycles. The van der Waals surface area contributed by atoms with Crippen molar-refractivity contribution in [2.75, 3.05) is 9.62 Å². The van der Waals surface area contributed by atoms with Crippen LogP contribution >= 0.6 is 0 Å². The molecule has 152 valence electrons. The second-order valence-corrected chi connectivity index (χ2v) is 8.10. The number of aryl methyl sites for hydroxylation is 4. The van der Waals surface area contributed by atoms with Crippen LogP contribution in [-0.4, -0.2) is 12.0 Å². The van der Waals surface area contributed by atoms with Crippen molar-refractivity contribution in [2.45, 2.75) is 27.6 Å². The highest BCUT2D eigenvalue weighted by molar-refractivity contribution is 6.85. The number of aromatic nitrogens is 1. The minimum absolute atomic E-state index is 0.222. The molecule has 0 atom stereocenters. The Bertz CT molecular complexity index is 1330. The van der Waals surface area contributed by atoms with Crippen LogP contribution in [0, 0.1) is 27.6 Å². The van der Waals surface area contributed by atoms with Gasteiger partial charge >= 0.3 is 6.98 Å². The average Bonchev–Trinajstić information content (AvgIpc) is 3.14. The van der Waals surface area contributed by atoms with Crippen LogP contribution < -0.4 is 15.1 Å². The van der Waals surface area contributed by atoms with Crippen LogP contribution in [0.5, 0.6) is 0 Å². The molecule has 0 saturated heterocycles. The summed E-state index contributed by atoms with van der Waals surface area (Å²) in [5.74, 6) is 0.621. The number of pyridine rings is 1. The number of fused-ring (bicyclic) bond motifs is 1. The van der Waals surface area contributed by atoms with Crippen LogP contribution in [0.3, 0.4) is 0 Å². The number of para-hydroxylation sites is 3. The lowest BCUT2D eigenvalue weighted by molar-refractivity contribution is 1.18. The highest BCUT2D eigenvalue weighted by Crippen LogP contribution is 2.45. The van der Waals surface area contributed by atoms with Gasteiger partial charge in [-0.1, -0.05) is 59.7 Å². The molecule has 0 spiro atoms. The summed E-state index contributed by atoms with van der Waals surface area (Å²) in [6.07, 6.45) is 1.67. The molecule has 3 nitrogen and oxygen atoms in total. The predicted molar refractivity (Wildman–Crippen MR) is 132 cm³/mol. The van der Waals surface area contributed by atoms with Crippen LogP contribution in [0.4, 0.5) is 22.9 Å². The summed E-state index contributed by atoms with van der Waals surface area (Å²) in [6, 6.07) is 26.6. The Kier molecular flexibility index (Phi) is 3.98. The molecule has 0 N–H and O–H groups in total. The number of rotatable bonds is 3. The highest BCUT2D eigenvalue weighted by atomic mass is 15.3. The van der Waals surface area contributed by atoms with Gasteiger partial charge < -0.3 is 9.62 Å². The molecular formula is C27H26BN3. The Labute approximate surface area is 189 Å². The molecular weight excluding hydrogens is 377 g/mol. The Morgan fingerprint density at radius 3 is 2.03 bits per heavy atom. The third kappa shape index (κ3) is 3.19. The zero-order valence-electron chi connectivity index (χ0n) is 21.0. The molecule has 4 aromatic rings. The molecule has 0 saturated carbocycles. The number of hydrogen-bond donors (Lipinski definition) is 0. The normalized spacial score (nSPS) is 14.8. The summed E-state index contributed by atoms with van der Waals surface area (Å²) in [5.41, 5.74) is 7.63. The minimum atomic E-state index is -2.21. The smallest absolute Gasteiger partial charge is 0.360 e. The zero-order valence-corrected chi connectivity index (χ0v) is 18.0. The van der Waals surface area contributed by atoms with E-state index in [1.165, 1.54) is 16.6 Å². The monoisotopic (exact) mass is 406 g/mol. The molecule has 4 heteroatoms. The highest BCUT2D eigenvalue weighted by Gasteiger charge is 2.45. The molecule has 0 bridgehead atoms. The van der Waals surface area contributed by atoms with E-state index in [4.69, 9.17) is 9.10 Å². The van der Waals surface area contributed by atoms with Crippen LogP contribution in [-0.2, 0) is 0 Å². The minimum Gasteiger partial charge on any atom is -0.360 e. The van der Waals surface area contributed by atoms with E-state index >= 15 is 0 Å². The van der Waals surface area contributed by atoms with Gasteiger partial charge in [0.2, 0.25) is 0 Å². The van der Waals surface area contributed by atoms with E-state index in [-0.39, 0.29) is 6.98 Å². The predicted octanol–water partition coefficient (Wildman–Crippen LogP) is 6.00. The lowest BCUT2D eigenvalue weighted by atomic mass is 9.61. The third-order valence-electron chi connectivity index (χ3n) is 6.06. The molecule has 0 amide bonds. The van der Waals surface area contributed by atoms with Crippen molar-refractivity contribution in [2.24, 2.45) is 0 Å². The first-order chi connectivity index (χ1) is 16.3. The Morgan fingerprint density at radius 1 is 0.710 bits per heavy atom. The summed E-state index contributed by atoms with van der Waals surface area (Å²) in [4.78, 5) is 9.24. The molecule has 5 rings (SSSR count). The number of nitrogens with zero attached hydrogens (tertiary/aromatic N) is 3. The topological polar surface area (TPSA) is 19.4 Å². The summed E-state index contributed by atoms with van der Waals surface area (Å²) < 4.78 is 24.2. The molecule has 0 radical (unpaired) electrons. The Morgan fingerprint density at radius 2 is 1.35 bits per heavy atom. The van der Waals surface area contributed by atoms with Gasteiger partial charge in [-0.2, -0.15) is 0 Å². The van der Waals surface area contributed by atoms with E-state index in [2.05, 4.69) is 65.9 Å². The summed E-state index contributed by atoms with van der Waals surface area (Å²) >= 11 is 0. The van der Waals surface area contributed by atoms with Gasteiger partial charge in [0.25, 0.3) is 0 Å². The van der Waals surface area contributed by atoms with Gasteiger partial charge in [0.1, 0.15) is 5.82 Å². The number of benzene rings is 3. The van der Waals surface area contributed by atoms with E-state index in [0.717, 1.165) is 17.1 Å². The van der Waals surface area contributed by atoms with Crippen molar-refractivity contribution >= 4 is 35.3 Å². The van der Waals surface area contributed by atoms with Crippen molar-refractivity contribution in [3.8, 4) is 0 Å². The van der Waals surface area contributed by atoms with Gasteiger partial charge in [-0.15, -0.1) is 0 Å². The Balaban J connectivity index is 1.81. The van der Waals surface area contributed by atoms with Crippen LogP contribution in [0.2, 0.25) is 0 Å². The Hall–Kier alpha value is -3.53. The van der Waals surface area contributed by atoms with Gasteiger partial charge in [0.15, 0.2) is 0 Å². The average molecular weight is 406 g/mol. The summed E-state index contributed by atoms with van der Waals surface area (Å²) in [7, 11) is 0. The quantitative estimate of drug-likeness (QED) is 0.389. The van der Waals surface area contributed by atoms with E-state index in [0.29, 0.717) is 16.9 Å². The lowest BCUT2D eigenvalue weighted by Crippen LogP contribution is -2.55. The maximum absolute atomic E-state index is 8.06. The molecule has 1 aliphatic rings. The second-order valence-electron chi connectivity index (χ2n) is 8.10. The first kappa shape index (κ1) is 16.2. The summed E-state index contributed by atoms with van der Waals surface area (Å²) in [5, 5.41) is 0. The first-order valence-electron chi connectivity index (χ1n) is 12.0. The molecule has 3 aromatic carbocycles. The van der Waals surface area contributed by atoms with Gasteiger partial charge in [0.05, 0.1) is 11.4 Å². The van der Waals surface area contributed by atoms with Crippen molar-refractivity contribution in [3.05, 3.63) is 107 Å². The fraction of sp³-hybridized carbons (Fsp3) is 0.148. The molecule has 1 aliphatic heterocycles. The van der Waals surface area contributed by atoms with Crippen LogP contribution in [0.1, 0.15) is 26.4 Å². The van der Waals surface area contributed by atoms with Crippen molar-refractivity contribution < 1.29 is 4.11 Å². The first-order valence-corrected chi connectivity index (χ1v) is 10.5. The van der Waals surface area contributed by atoms with E-state index in [1.54, 1.807) is 19.2 Å². The lowest BCUT2D eigenvalue weighted by Gasteiger charge is -2.31. The molecule has 0 fully saturated rings. The SMILES string of the molecule is [2H]C([2H])([2H])c1cc(N2B(c3c(C)cccc3C)N(c3ccccc3)c3ccccc32)ncc1C. The van der Waals surface area contributed by atoms with E-state index in [1.807, 2.05) is 30.3 Å². The fourth-order valence-corrected chi connectivity index (χ4v) is 4.51. The van der Waals surface area contributed by atoms with Gasteiger partial charge in [-0.3, -0.25) is 0 Å². The van der Waals surface area contributed by atoms with Gasteiger partial charge in [-0.05, 0) is 74.5 Å². The molecule has 31 heavy (non-hydrogen) atoms. The molecule has 0 unspecified atom stereocenters. The van der Waals surface area contributed by atoms with Crippen LogP contribution in [0.25, 0.3) is 0 Å². The van der Waals surface area contributed by atoms with Crippen LogP contribution in [0.15, 0.2) is 85.1 Å². The van der Waals surface area contributed by atoms with Crippen molar-refractivity contribution in [1.82, 2.24) is 4.98 Å². The standard InChI is InChI=1S/C27H26BN3/c1-19-11-10-12-20(2)27(19)28-30(23-13-6-5-7-14-23)24-15-8-9-16-25(24)31(28)26-17-21(3)22(4)18-29-26/h5-18H,1-4H3/i3D3. The zero-order chi connectivity index (χ0) is 24.0. The molecule has 2 heterocycles. The number of hydrogen-bond acceptors (Lipinski definition) is 3. The van der Waals surface area contributed by atoms with Gasteiger partial charge in [-0.25, -0.2) is 4.98 Å². The van der Waals surface area contributed by atoms with Crippen molar-refractivity contribution in [1.29, 1.82) is 0 Å². The summed E-state index contributed by atoms with van der Waals surface area (Å²) in [6.45, 7) is 3.62. The maximum atomic E-state index is 8.06. The maximum Gasteiger partial charge on any atom is 0.422 e. The largest absolute Gasteiger partial charge is 0.422 e. The second kappa shape index (κ2) is 7.62. The van der Waals surface area contributed by atoms with E-state index in [9.17, 15) is 0 Å². The third-order valence-corrected chi connectivity index (χ3v) is 6.06. The van der Waals surface area contributed by atoms with Gasteiger partial charge in [0, 0.05) is 16.0 Å². The van der Waals surface area contributed by atoms with E-state index < -0.39 is 6.85 Å².